The fourth-order valence-electron chi connectivity index (χ4n) is 1.44. The zero-order chi connectivity index (χ0) is 14.3. The summed E-state index contributed by atoms with van der Waals surface area (Å²) in [5, 5.41) is 11.6. The van der Waals surface area contributed by atoms with Crippen LogP contribution < -0.4 is 11.1 Å². The molecule has 0 saturated carbocycles. The van der Waals surface area contributed by atoms with Crippen molar-refractivity contribution in [3.63, 3.8) is 0 Å². The Bertz CT molecular complexity index is 288. The van der Waals surface area contributed by atoms with Crippen LogP contribution in [0.3, 0.4) is 0 Å². The van der Waals surface area contributed by atoms with Gasteiger partial charge < -0.3 is 16.2 Å². The van der Waals surface area contributed by atoms with Crippen molar-refractivity contribution in [3.05, 3.63) is 0 Å². The van der Waals surface area contributed by atoms with Crippen LogP contribution in [0.1, 0.15) is 47.0 Å². The normalized spacial score (nSPS) is 14.9. The van der Waals surface area contributed by atoms with Crippen LogP contribution in [0.2, 0.25) is 0 Å². The molecule has 4 N–H and O–H groups in total. The number of nitrogens with two attached hydrogens (primary N) is 1. The fourth-order valence-corrected chi connectivity index (χ4v) is 1.44. The van der Waals surface area contributed by atoms with Crippen LogP contribution in [0, 0.1) is 11.3 Å². The average molecular weight is 258 g/mol. The van der Waals surface area contributed by atoms with Crippen LogP contribution >= 0.6 is 0 Å². The molecule has 5 heteroatoms. The third-order valence-electron chi connectivity index (χ3n) is 3.03. The van der Waals surface area contributed by atoms with Gasteiger partial charge in [-0.3, -0.25) is 9.59 Å². The van der Waals surface area contributed by atoms with Gasteiger partial charge in [-0.25, -0.2) is 0 Å². The summed E-state index contributed by atoms with van der Waals surface area (Å²) in [5.74, 6) is -1.10. The van der Waals surface area contributed by atoms with Crippen LogP contribution in [-0.4, -0.2) is 29.6 Å². The number of amides is 1. The van der Waals surface area contributed by atoms with Gasteiger partial charge >= 0.3 is 5.97 Å². The molecule has 0 saturated heterocycles. The number of carbonyl (C=O) groups is 2. The average Bonchev–Trinajstić information content (AvgIpc) is 2.25. The number of hydrogen-bond acceptors (Lipinski definition) is 3. The zero-order valence-corrected chi connectivity index (χ0v) is 11.8. The van der Waals surface area contributed by atoms with Gasteiger partial charge in [-0.15, -0.1) is 0 Å². The van der Waals surface area contributed by atoms with Crippen molar-refractivity contribution in [3.8, 4) is 0 Å². The van der Waals surface area contributed by atoms with E-state index >= 15 is 0 Å². The maximum Gasteiger partial charge on any atom is 0.310 e. The Hall–Kier alpha value is -1.10. The van der Waals surface area contributed by atoms with E-state index in [4.69, 9.17) is 10.8 Å². The quantitative estimate of drug-likeness (QED) is 0.613. The smallest absolute Gasteiger partial charge is 0.310 e. The Morgan fingerprint density at radius 2 is 1.83 bits per heavy atom. The predicted molar refractivity (Wildman–Crippen MR) is 71.1 cm³/mol. The summed E-state index contributed by atoms with van der Waals surface area (Å²) in [6.45, 7) is 7.13. The Labute approximate surface area is 109 Å². The van der Waals surface area contributed by atoms with E-state index in [1.807, 2.05) is 13.8 Å². The number of nitrogens with one attached hydrogen (secondary N) is 1. The highest BCUT2D eigenvalue weighted by atomic mass is 16.4. The van der Waals surface area contributed by atoms with Crippen molar-refractivity contribution >= 4 is 11.9 Å². The topological polar surface area (TPSA) is 92.4 Å². The number of rotatable bonds is 8. The largest absolute Gasteiger partial charge is 0.481 e. The van der Waals surface area contributed by atoms with E-state index < -0.39 is 11.4 Å². The van der Waals surface area contributed by atoms with Crippen LogP contribution in [0.5, 0.6) is 0 Å². The number of carboxylic acids is 1. The molecule has 5 nitrogen and oxygen atoms in total. The number of hydrogen-bond donors (Lipinski definition) is 3. The lowest BCUT2D eigenvalue weighted by Crippen LogP contribution is -2.40. The molecule has 0 heterocycles. The van der Waals surface area contributed by atoms with E-state index in [2.05, 4.69) is 5.32 Å². The minimum atomic E-state index is -0.929. The number of aliphatic carboxylic acids is 1. The molecule has 0 rings (SSSR count). The van der Waals surface area contributed by atoms with Gasteiger partial charge in [-0.05, 0) is 33.6 Å². The molecule has 0 aliphatic rings. The third kappa shape index (κ3) is 6.59. The first-order chi connectivity index (χ1) is 8.16. The second-order valence-electron chi connectivity index (χ2n) is 5.72. The summed E-state index contributed by atoms with van der Waals surface area (Å²) in [6.07, 6.45) is 2.59. The van der Waals surface area contributed by atoms with Crippen molar-refractivity contribution < 1.29 is 14.7 Å². The second kappa shape index (κ2) is 7.36. The van der Waals surface area contributed by atoms with E-state index in [1.54, 1.807) is 13.8 Å². The van der Waals surface area contributed by atoms with Crippen LogP contribution in [-0.2, 0) is 9.59 Å². The molecule has 0 spiro atoms. The molecule has 0 aromatic heterocycles. The van der Waals surface area contributed by atoms with Crippen LogP contribution in [0.15, 0.2) is 0 Å². The standard InChI is InChI=1S/C13H26N2O3/c1-9(6-5-7-10(2)14)11(16)15-8-13(3,4)12(17)18/h9-10H,5-8,14H2,1-4H3,(H,15,16)(H,17,18). The van der Waals surface area contributed by atoms with Gasteiger partial charge in [0.2, 0.25) is 5.91 Å². The van der Waals surface area contributed by atoms with Gasteiger partial charge in [0.1, 0.15) is 0 Å². The number of carbonyl (C=O) groups excluding carboxylic acids is 1. The summed E-state index contributed by atoms with van der Waals surface area (Å²) >= 11 is 0. The molecule has 2 atom stereocenters. The van der Waals surface area contributed by atoms with E-state index in [-0.39, 0.29) is 24.4 Å². The lowest BCUT2D eigenvalue weighted by Gasteiger charge is -2.21. The third-order valence-corrected chi connectivity index (χ3v) is 3.03. The van der Waals surface area contributed by atoms with Gasteiger partial charge in [-0.2, -0.15) is 0 Å². The Kier molecular flexibility index (Phi) is 6.91. The van der Waals surface area contributed by atoms with E-state index in [1.165, 1.54) is 0 Å². The van der Waals surface area contributed by atoms with Crippen molar-refractivity contribution in [2.45, 2.75) is 53.0 Å². The summed E-state index contributed by atoms with van der Waals surface area (Å²) in [7, 11) is 0. The van der Waals surface area contributed by atoms with Crippen molar-refractivity contribution in [2.75, 3.05) is 6.54 Å². The SMILES string of the molecule is CC(N)CCCC(C)C(=O)NCC(C)(C)C(=O)O. The van der Waals surface area contributed by atoms with E-state index in [0.29, 0.717) is 0 Å². The molecule has 0 bridgehead atoms. The summed E-state index contributed by atoms with van der Waals surface area (Å²) in [6, 6.07) is 0.159. The van der Waals surface area contributed by atoms with Crippen LogP contribution in [0.25, 0.3) is 0 Å². The monoisotopic (exact) mass is 258 g/mol. The van der Waals surface area contributed by atoms with Gasteiger partial charge in [-0.1, -0.05) is 13.3 Å². The first-order valence-corrected chi connectivity index (χ1v) is 6.43. The molecule has 0 aliphatic heterocycles. The summed E-state index contributed by atoms with van der Waals surface area (Å²) in [5.41, 5.74) is 4.71. The molecule has 0 aliphatic carbocycles. The molecule has 18 heavy (non-hydrogen) atoms. The van der Waals surface area contributed by atoms with Crippen LogP contribution in [0.4, 0.5) is 0 Å². The predicted octanol–water partition coefficient (Wildman–Crippen LogP) is 1.37. The molecule has 0 fully saturated rings. The number of carboxylic acid groups (broad SMARTS) is 1. The molecular weight excluding hydrogens is 232 g/mol. The highest BCUT2D eigenvalue weighted by molar-refractivity contribution is 5.80. The molecule has 2 unspecified atom stereocenters. The Balaban J connectivity index is 3.98. The van der Waals surface area contributed by atoms with Gasteiger partial charge in [0.15, 0.2) is 0 Å². The Morgan fingerprint density at radius 1 is 1.28 bits per heavy atom. The lowest BCUT2D eigenvalue weighted by atomic mass is 9.93. The van der Waals surface area contributed by atoms with Gasteiger partial charge in [0.05, 0.1) is 5.41 Å². The molecule has 0 radical (unpaired) electrons. The maximum absolute atomic E-state index is 11.8. The van der Waals surface area contributed by atoms with Crippen molar-refractivity contribution in [2.24, 2.45) is 17.1 Å². The lowest BCUT2D eigenvalue weighted by molar-refractivity contribution is -0.146. The van der Waals surface area contributed by atoms with Crippen molar-refractivity contribution in [1.29, 1.82) is 0 Å². The van der Waals surface area contributed by atoms with E-state index in [9.17, 15) is 9.59 Å². The van der Waals surface area contributed by atoms with Crippen molar-refractivity contribution in [1.82, 2.24) is 5.32 Å². The zero-order valence-electron chi connectivity index (χ0n) is 11.8. The highest BCUT2D eigenvalue weighted by Crippen LogP contribution is 2.14. The summed E-state index contributed by atoms with van der Waals surface area (Å²) < 4.78 is 0. The highest BCUT2D eigenvalue weighted by Gasteiger charge is 2.28. The molecule has 1 amide bonds. The maximum atomic E-state index is 11.8. The first-order valence-electron chi connectivity index (χ1n) is 6.43. The van der Waals surface area contributed by atoms with Gasteiger partial charge in [0, 0.05) is 18.5 Å². The molecule has 0 aromatic carbocycles. The minimum absolute atomic E-state index is 0.0889. The molecule has 0 aromatic rings. The first kappa shape index (κ1) is 16.9. The molecule has 106 valence electrons. The molecular formula is C13H26N2O3. The van der Waals surface area contributed by atoms with Gasteiger partial charge in [0.25, 0.3) is 0 Å². The second-order valence-corrected chi connectivity index (χ2v) is 5.72. The minimum Gasteiger partial charge on any atom is -0.481 e. The summed E-state index contributed by atoms with van der Waals surface area (Å²) in [4.78, 5) is 22.6. The Morgan fingerprint density at radius 3 is 2.28 bits per heavy atom. The van der Waals surface area contributed by atoms with E-state index in [0.717, 1.165) is 19.3 Å². The fraction of sp³-hybridized carbons (Fsp3) is 0.846.